The van der Waals surface area contributed by atoms with Gasteiger partial charge >= 0.3 is 5.97 Å². The Morgan fingerprint density at radius 1 is 0.840 bits per heavy atom. The molecule has 0 aromatic heterocycles. The van der Waals surface area contributed by atoms with Crippen LogP contribution in [0.2, 0.25) is 0 Å². The number of aliphatic carboxylic acids is 1. The first-order valence-electron chi connectivity index (χ1n) is 6.91. The van der Waals surface area contributed by atoms with Crippen LogP contribution in [-0.2, 0) is 28.8 Å². The Hall–Kier alpha value is -3.22. The van der Waals surface area contributed by atoms with Crippen molar-refractivity contribution in [1.82, 2.24) is 16.0 Å². The van der Waals surface area contributed by atoms with Gasteiger partial charge in [-0.3, -0.25) is 28.8 Å². The number of hydrogen-bond acceptors (Lipinski definition) is 7. The molecule has 0 aromatic rings. The molecule has 5 amide bonds. The predicted octanol–water partition coefficient (Wildman–Crippen LogP) is -5.13. The van der Waals surface area contributed by atoms with Crippen LogP contribution in [-0.4, -0.2) is 65.8 Å². The molecular weight excluding hydrogens is 340 g/mol. The van der Waals surface area contributed by atoms with Gasteiger partial charge in [0, 0.05) is 0 Å². The number of amides is 5. The summed E-state index contributed by atoms with van der Waals surface area (Å²) in [5.41, 5.74) is 15.2. The molecule has 0 spiro atoms. The van der Waals surface area contributed by atoms with Crippen LogP contribution in [0.15, 0.2) is 0 Å². The topological polar surface area (TPSA) is 237 Å². The highest BCUT2D eigenvalue weighted by Gasteiger charge is 2.24. The summed E-state index contributed by atoms with van der Waals surface area (Å²) in [7, 11) is 0. The number of nitrogens with two attached hydrogens (primary N) is 3. The van der Waals surface area contributed by atoms with Crippen LogP contribution in [0.1, 0.15) is 12.8 Å². The lowest BCUT2D eigenvalue weighted by Gasteiger charge is -2.17. The lowest BCUT2D eigenvalue weighted by molar-refractivity contribution is -0.138. The molecule has 10 N–H and O–H groups in total. The van der Waals surface area contributed by atoms with E-state index in [0.717, 1.165) is 0 Å². The number of carboxylic acid groups (broad SMARTS) is 1. The lowest BCUT2D eigenvalue weighted by atomic mass is 10.1. The molecule has 0 heterocycles. The van der Waals surface area contributed by atoms with E-state index in [9.17, 15) is 28.8 Å². The summed E-state index contributed by atoms with van der Waals surface area (Å²) in [5, 5.41) is 14.7. The number of hydrogen-bond donors (Lipinski definition) is 7. The van der Waals surface area contributed by atoms with Crippen LogP contribution in [0.4, 0.5) is 0 Å². The summed E-state index contributed by atoms with van der Waals surface area (Å²) < 4.78 is 0. The van der Waals surface area contributed by atoms with E-state index in [-0.39, 0.29) is 0 Å². The molecule has 0 saturated heterocycles. The second kappa shape index (κ2) is 10.5. The second-order valence-corrected chi connectivity index (χ2v) is 4.90. The molecule has 0 bridgehead atoms. The number of carbonyl (C=O) groups excluding carboxylic acids is 5. The molecule has 0 aliphatic carbocycles. The van der Waals surface area contributed by atoms with E-state index < -0.39 is 73.5 Å². The SMILES string of the molecule is NC(=O)CC(N)C(=O)NCC(=O)NC(CC(N)=O)C(=O)NCC(=O)O. The number of carbonyl (C=O) groups is 6. The summed E-state index contributed by atoms with van der Waals surface area (Å²) in [4.78, 5) is 66.9. The monoisotopic (exact) mass is 360 g/mol. The zero-order valence-electron chi connectivity index (χ0n) is 13.1. The Kier molecular flexibility index (Phi) is 9.18. The average Bonchev–Trinajstić information content (AvgIpc) is 2.48. The quantitative estimate of drug-likeness (QED) is 0.187. The minimum Gasteiger partial charge on any atom is -0.480 e. The molecule has 25 heavy (non-hydrogen) atoms. The van der Waals surface area contributed by atoms with E-state index in [1.807, 2.05) is 5.32 Å². The zero-order valence-corrected chi connectivity index (χ0v) is 13.1. The Bertz CT molecular complexity index is 564. The fourth-order valence-electron chi connectivity index (χ4n) is 1.55. The summed E-state index contributed by atoms with van der Waals surface area (Å²) >= 11 is 0. The molecule has 13 heteroatoms. The number of nitrogens with one attached hydrogen (secondary N) is 3. The van der Waals surface area contributed by atoms with Gasteiger partial charge in [0.1, 0.15) is 12.6 Å². The Morgan fingerprint density at radius 2 is 1.36 bits per heavy atom. The second-order valence-electron chi connectivity index (χ2n) is 4.90. The van der Waals surface area contributed by atoms with Crippen molar-refractivity contribution in [1.29, 1.82) is 0 Å². The highest BCUT2D eigenvalue weighted by Crippen LogP contribution is 1.93. The van der Waals surface area contributed by atoms with Gasteiger partial charge in [0.05, 0.1) is 25.4 Å². The third-order valence-electron chi connectivity index (χ3n) is 2.65. The van der Waals surface area contributed by atoms with E-state index in [4.69, 9.17) is 22.3 Å². The molecule has 0 aliphatic rings. The predicted molar refractivity (Wildman–Crippen MR) is 81.2 cm³/mol. The molecule has 0 radical (unpaired) electrons. The molecular formula is C12H20N6O7. The van der Waals surface area contributed by atoms with Crippen LogP contribution < -0.4 is 33.2 Å². The molecule has 0 aromatic carbocycles. The van der Waals surface area contributed by atoms with Gasteiger partial charge in [0.15, 0.2) is 0 Å². The van der Waals surface area contributed by atoms with Crippen molar-refractivity contribution in [3.8, 4) is 0 Å². The van der Waals surface area contributed by atoms with Crippen LogP contribution >= 0.6 is 0 Å². The molecule has 0 saturated carbocycles. The molecule has 140 valence electrons. The molecule has 0 aliphatic heterocycles. The average molecular weight is 360 g/mol. The summed E-state index contributed by atoms with van der Waals surface area (Å²) in [6.45, 7) is -1.32. The number of carboxylic acids is 1. The van der Waals surface area contributed by atoms with Crippen molar-refractivity contribution in [3.63, 3.8) is 0 Å². The fraction of sp³-hybridized carbons (Fsp3) is 0.500. The summed E-state index contributed by atoms with van der Waals surface area (Å²) in [5.74, 6) is -5.67. The van der Waals surface area contributed by atoms with Gasteiger partial charge in [-0.15, -0.1) is 0 Å². The first kappa shape index (κ1) is 21.8. The van der Waals surface area contributed by atoms with E-state index in [1.165, 1.54) is 0 Å². The molecule has 2 atom stereocenters. The summed E-state index contributed by atoms with van der Waals surface area (Å²) in [6, 6.07) is -2.66. The Labute approximate surface area is 141 Å². The standard InChI is InChI=1S/C12H20N6O7/c13-5(1-7(14)19)11(24)16-3-9(21)18-6(2-8(15)20)12(25)17-4-10(22)23/h5-6H,1-4,13H2,(H2,14,19)(H2,15,20)(H,16,24)(H,17,25)(H,18,21)(H,22,23). The molecule has 0 rings (SSSR count). The fourth-order valence-corrected chi connectivity index (χ4v) is 1.55. The molecule has 2 unspecified atom stereocenters. The smallest absolute Gasteiger partial charge is 0.322 e. The first-order chi connectivity index (χ1) is 11.5. The zero-order chi connectivity index (χ0) is 19.6. The third-order valence-corrected chi connectivity index (χ3v) is 2.65. The van der Waals surface area contributed by atoms with Crippen molar-refractivity contribution in [3.05, 3.63) is 0 Å². The highest BCUT2D eigenvalue weighted by atomic mass is 16.4. The minimum atomic E-state index is -1.42. The van der Waals surface area contributed by atoms with E-state index in [1.54, 1.807) is 0 Å². The van der Waals surface area contributed by atoms with E-state index in [0.29, 0.717) is 0 Å². The lowest BCUT2D eigenvalue weighted by Crippen LogP contribution is -2.52. The van der Waals surface area contributed by atoms with Crippen molar-refractivity contribution in [2.45, 2.75) is 24.9 Å². The first-order valence-corrected chi connectivity index (χ1v) is 6.91. The van der Waals surface area contributed by atoms with Gasteiger partial charge in [0.25, 0.3) is 0 Å². The van der Waals surface area contributed by atoms with Gasteiger partial charge in [0.2, 0.25) is 29.5 Å². The van der Waals surface area contributed by atoms with Gasteiger partial charge in [-0.05, 0) is 0 Å². The van der Waals surface area contributed by atoms with Gasteiger partial charge in [-0.2, -0.15) is 0 Å². The van der Waals surface area contributed by atoms with Crippen LogP contribution in [0.25, 0.3) is 0 Å². The normalized spacial score (nSPS) is 12.4. The van der Waals surface area contributed by atoms with Crippen LogP contribution in [0.5, 0.6) is 0 Å². The van der Waals surface area contributed by atoms with E-state index >= 15 is 0 Å². The summed E-state index contributed by atoms with van der Waals surface area (Å²) in [6.07, 6.45) is -0.998. The van der Waals surface area contributed by atoms with Gasteiger partial charge < -0.3 is 38.3 Å². The number of rotatable bonds is 11. The maximum Gasteiger partial charge on any atom is 0.322 e. The van der Waals surface area contributed by atoms with Gasteiger partial charge in [-0.1, -0.05) is 0 Å². The van der Waals surface area contributed by atoms with Crippen molar-refractivity contribution in [2.75, 3.05) is 13.1 Å². The van der Waals surface area contributed by atoms with Crippen LogP contribution in [0.3, 0.4) is 0 Å². The Balaban J connectivity index is 4.58. The van der Waals surface area contributed by atoms with Crippen molar-refractivity contribution >= 4 is 35.5 Å². The maximum absolute atomic E-state index is 11.7. The molecule has 0 fully saturated rings. The van der Waals surface area contributed by atoms with Crippen molar-refractivity contribution in [2.24, 2.45) is 17.2 Å². The Morgan fingerprint density at radius 3 is 1.84 bits per heavy atom. The van der Waals surface area contributed by atoms with Gasteiger partial charge in [-0.25, -0.2) is 0 Å². The largest absolute Gasteiger partial charge is 0.480 e. The van der Waals surface area contributed by atoms with Crippen molar-refractivity contribution < 1.29 is 33.9 Å². The van der Waals surface area contributed by atoms with E-state index in [2.05, 4.69) is 10.6 Å². The third kappa shape index (κ3) is 10.2. The van der Waals surface area contributed by atoms with Crippen LogP contribution in [0, 0.1) is 0 Å². The number of primary amides is 2. The maximum atomic E-state index is 11.7. The minimum absolute atomic E-state index is 0.421. The highest BCUT2D eigenvalue weighted by molar-refractivity contribution is 5.94. The molecule has 13 nitrogen and oxygen atoms in total.